The summed E-state index contributed by atoms with van der Waals surface area (Å²) in [7, 11) is 1.62. The number of halogens is 1. The lowest BCUT2D eigenvalue weighted by Crippen LogP contribution is -2.29. The summed E-state index contributed by atoms with van der Waals surface area (Å²) in [4.78, 5) is 15.5. The highest BCUT2D eigenvalue weighted by molar-refractivity contribution is 6.00. The van der Waals surface area contributed by atoms with Gasteiger partial charge in [0.25, 0.3) is 5.91 Å². The van der Waals surface area contributed by atoms with E-state index in [0.717, 1.165) is 40.8 Å². The molecule has 5 rings (SSSR count). The molecule has 0 aliphatic carbocycles. The molecule has 8 heteroatoms. The van der Waals surface area contributed by atoms with Gasteiger partial charge in [0.1, 0.15) is 17.3 Å². The lowest BCUT2D eigenvalue weighted by Gasteiger charge is -2.27. The summed E-state index contributed by atoms with van der Waals surface area (Å²) in [6.07, 6.45) is 1.97. The molecular weight excluding hydrogens is 497 g/mol. The maximum Gasteiger partial charge on any atom is 0.273 e. The van der Waals surface area contributed by atoms with Crippen LogP contribution in [0.1, 0.15) is 59.9 Å². The Kier molecular flexibility index (Phi) is 7.81. The van der Waals surface area contributed by atoms with E-state index in [1.807, 2.05) is 49.4 Å². The molecule has 0 fully saturated rings. The smallest absolute Gasteiger partial charge is 0.273 e. The normalized spacial score (nSPS) is 14.4. The van der Waals surface area contributed by atoms with E-state index in [1.165, 1.54) is 12.1 Å². The third-order valence-electron chi connectivity index (χ3n) is 6.83. The molecule has 1 unspecified atom stereocenters. The summed E-state index contributed by atoms with van der Waals surface area (Å²) in [5.41, 5.74) is 4.46. The Morgan fingerprint density at radius 2 is 1.74 bits per heavy atom. The van der Waals surface area contributed by atoms with Gasteiger partial charge in [0.2, 0.25) is 0 Å². The number of ether oxygens (including phenoxy) is 3. The number of benzene rings is 3. The van der Waals surface area contributed by atoms with Crippen LogP contribution in [-0.4, -0.2) is 41.3 Å². The minimum atomic E-state index is -0.447. The number of carbonyl (C=O) groups is 1. The van der Waals surface area contributed by atoms with E-state index < -0.39 is 6.04 Å². The van der Waals surface area contributed by atoms with Gasteiger partial charge >= 0.3 is 0 Å². The third-order valence-corrected chi connectivity index (χ3v) is 6.83. The number of carbonyl (C=O) groups excluding carboxylic acids is 1. The Morgan fingerprint density at radius 1 is 0.974 bits per heavy atom. The average molecular weight is 530 g/mol. The van der Waals surface area contributed by atoms with Crippen LogP contribution >= 0.6 is 0 Å². The van der Waals surface area contributed by atoms with Crippen molar-refractivity contribution in [2.75, 3.05) is 20.3 Å². The van der Waals surface area contributed by atoms with Gasteiger partial charge in [0.15, 0.2) is 11.5 Å². The number of methoxy groups -OCH3 is 1. The van der Waals surface area contributed by atoms with Gasteiger partial charge in [-0.1, -0.05) is 31.5 Å². The second-order valence-corrected chi connectivity index (χ2v) is 9.39. The molecule has 3 aromatic carbocycles. The number of H-pyrrole nitrogens is 1. The molecule has 1 N–H and O–H groups in total. The maximum absolute atomic E-state index is 13.8. The predicted molar refractivity (Wildman–Crippen MR) is 147 cm³/mol. The van der Waals surface area contributed by atoms with Crippen molar-refractivity contribution >= 4 is 5.91 Å². The molecule has 0 saturated heterocycles. The fourth-order valence-corrected chi connectivity index (χ4v) is 4.87. The molecule has 1 atom stereocenters. The second kappa shape index (κ2) is 11.6. The molecule has 0 radical (unpaired) electrons. The van der Waals surface area contributed by atoms with Crippen molar-refractivity contribution in [2.24, 2.45) is 0 Å². The first-order valence-electron chi connectivity index (χ1n) is 13.2. The zero-order chi connectivity index (χ0) is 27.4. The van der Waals surface area contributed by atoms with Gasteiger partial charge in [0, 0.05) is 17.7 Å². The van der Waals surface area contributed by atoms with Crippen molar-refractivity contribution in [2.45, 2.75) is 39.3 Å². The van der Waals surface area contributed by atoms with E-state index >= 15 is 0 Å². The van der Waals surface area contributed by atoms with E-state index in [9.17, 15) is 9.18 Å². The molecule has 4 aromatic rings. The third kappa shape index (κ3) is 5.32. The highest BCUT2D eigenvalue weighted by atomic mass is 19.1. The van der Waals surface area contributed by atoms with Crippen LogP contribution < -0.4 is 14.2 Å². The first-order chi connectivity index (χ1) is 19.0. The largest absolute Gasteiger partial charge is 0.497 e. The molecule has 202 valence electrons. The van der Waals surface area contributed by atoms with Crippen molar-refractivity contribution in [1.82, 2.24) is 15.1 Å². The highest BCUT2D eigenvalue weighted by Crippen LogP contribution is 2.45. The summed E-state index contributed by atoms with van der Waals surface area (Å²) in [5, 5.41) is 7.53. The van der Waals surface area contributed by atoms with Gasteiger partial charge in [-0.2, -0.15) is 5.10 Å². The number of rotatable bonds is 11. The van der Waals surface area contributed by atoms with E-state index in [4.69, 9.17) is 14.2 Å². The Morgan fingerprint density at radius 3 is 2.44 bits per heavy atom. The second-order valence-electron chi connectivity index (χ2n) is 9.39. The number of unbranched alkanes of at least 4 members (excludes halogenated alkanes) is 1. The van der Waals surface area contributed by atoms with Gasteiger partial charge < -0.3 is 19.1 Å². The fourth-order valence-electron chi connectivity index (χ4n) is 4.87. The minimum absolute atomic E-state index is 0.173. The number of aromatic nitrogens is 2. The first-order valence-corrected chi connectivity index (χ1v) is 13.2. The van der Waals surface area contributed by atoms with Crippen molar-refractivity contribution in [3.05, 3.63) is 94.9 Å². The van der Waals surface area contributed by atoms with E-state index in [2.05, 4.69) is 17.1 Å². The zero-order valence-corrected chi connectivity index (χ0v) is 22.4. The van der Waals surface area contributed by atoms with Crippen LogP contribution in [0.5, 0.6) is 17.2 Å². The SMILES string of the molecule is CCCCOc1ccc(C2c3c(-c4ccc(OC)cc4)n[nH]c3C(=O)N2Cc2ccc(F)cc2)cc1OCC. The molecule has 1 aliphatic rings. The quantitative estimate of drug-likeness (QED) is 0.223. The summed E-state index contributed by atoms with van der Waals surface area (Å²) < 4.78 is 30.9. The molecule has 7 nitrogen and oxygen atoms in total. The highest BCUT2D eigenvalue weighted by Gasteiger charge is 2.42. The Hall–Kier alpha value is -4.33. The monoisotopic (exact) mass is 529 g/mol. The molecule has 1 aliphatic heterocycles. The van der Waals surface area contributed by atoms with Crippen LogP contribution in [0.3, 0.4) is 0 Å². The lowest BCUT2D eigenvalue weighted by molar-refractivity contribution is 0.0729. The molecule has 0 bridgehead atoms. The first kappa shape index (κ1) is 26.3. The fraction of sp³-hybridized carbons (Fsp3) is 0.290. The Balaban J connectivity index is 1.60. The molecular formula is C31H32FN3O4. The van der Waals surface area contributed by atoms with Gasteiger partial charge in [-0.05, 0) is 73.0 Å². The average Bonchev–Trinajstić information content (AvgIpc) is 3.50. The molecule has 1 aromatic heterocycles. The number of amides is 1. The summed E-state index contributed by atoms with van der Waals surface area (Å²) in [5.74, 6) is 1.54. The standard InChI is InChI=1S/C31H32FN3O4/c1-4-6-17-39-25-16-11-22(18-26(25)38-5-2)30-27-28(21-9-14-24(37-3)15-10-21)33-34-29(27)31(36)35(30)19-20-7-12-23(32)13-8-20/h7-16,18,30H,4-6,17,19H2,1-3H3,(H,33,34). The molecule has 2 heterocycles. The Bertz CT molecular complexity index is 1430. The van der Waals surface area contributed by atoms with Gasteiger partial charge in [-0.3, -0.25) is 9.89 Å². The summed E-state index contributed by atoms with van der Waals surface area (Å²) in [6, 6.07) is 19.2. The van der Waals surface area contributed by atoms with Crippen molar-refractivity contribution in [1.29, 1.82) is 0 Å². The number of nitrogens with zero attached hydrogens (tertiary/aromatic N) is 2. The number of hydrogen-bond donors (Lipinski definition) is 1. The van der Waals surface area contributed by atoms with Crippen LogP contribution in [0.2, 0.25) is 0 Å². The van der Waals surface area contributed by atoms with E-state index in [0.29, 0.717) is 42.6 Å². The van der Waals surface area contributed by atoms with Crippen molar-refractivity contribution in [3.8, 4) is 28.5 Å². The van der Waals surface area contributed by atoms with Crippen LogP contribution in [0.4, 0.5) is 4.39 Å². The number of aromatic amines is 1. The minimum Gasteiger partial charge on any atom is -0.497 e. The topological polar surface area (TPSA) is 76.7 Å². The van der Waals surface area contributed by atoms with E-state index in [-0.39, 0.29) is 11.7 Å². The van der Waals surface area contributed by atoms with Crippen molar-refractivity contribution in [3.63, 3.8) is 0 Å². The van der Waals surface area contributed by atoms with E-state index in [1.54, 1.807) is 24.1 Å². The number of nitrogens with one attached hydrogen (secondary N) is 1. The Labute approximate surface area is 227 Å². The van der Waals surface area contributed by atoms with Crippen LogP contribution in [-0.2, 0) is 6.54 Å². The van der Waals surface area contributed by atoms with Gasteiger partial charge in [-0.15, -0.1) is 0 Å². The predicted octanol–water partition coefficient (Wildman–Crippen LogP) is 6.55. The maximum atomic E-state index is 13.8. The van der Waals surface area contributed by atoms with Crippen LogP contribution in [0, 0.1) is 5.82 Å². The van der Waals surface area contributed by atoms with Crippen molar-refractivity contribution < 1.29 is 23.4 Å². The number of hydrogen-bond acceptors (Lipinski definition) is 5. The van der Waals surface area contributed by atoms with Crippen LogP contribution in [0.25, 0.3) is 11.3 Å². The van der Waals surface area contributed by atoms with Crippen LogP contribution in [0.15, 0.2) is 66.7 Å². The molecule has 0 saturated carbocycles. The molecule has 39 heavy (non-hydrogen) atoms. The lowest BCUT2D eigenvalue weighted by atomic mass is 9.95. The summed E-state index contributed by atoms with van der Waals surface area (Å²) in [6.45, 7) is 5.42. The zero-order valence-electron chi connectivity index (χ0n) is 22.4. The molecule has 1 amide bonds. The van der Waals surface area contributed by atoms with Gasteiger partial charge in [0.05, 0.1) is 32.1 Å². The molecule has 0 spiro atoms. The summed E-state index contributed by atoms with van der Waals surface area (Å²) >= 11 is 0. The number of fused-ring (bicyclic) bond motifs is 1. The van der Waals surface area contributed by atoms with Gasteiger partial charge in [-0.25, -0.2) is 4.39 Å².